The molecule has 0 saturated heterocycles. The van der Waals surface area contributed by atoms with Crippen molar-refractivity contribution in [2.45, 2.75) is 6.54 Å². The summed E-state index contributed by atoms with van der Waals surface area (Å²) in [6.45, 7) is 0.323. The lowest BCUT2D eigenvalue weighted by Crippen LogP contribution is -2.23. The molecule has 0 fully saturated rings. The Bertz CT molecular complexity index is 918. The third kappa shape index (κ3) is 3.97. The number of hydrogen-bond donors (Lipinski definition) is 2. The molecule has 5 nitrogen and oxygen atoms in total. The van der Waals surface area contributed by atoms with E-state index in [-0.39, 0.29) is 17.3 Å². The van der Waals surface area contributed by atoms with E-state index < -0.39 is 17.5 Å². The molecule has 2 aromatic heterocycles. The van der Waals surface area contributed by atoms with Crippen LogP contribution in [0.5, 0.6) is 0 Å². The van der Waals surface area contributed by atoms with Crippen molar-refractivity contribution in [3.05, 3.63) is 83.7 Å². The molecule has 26 heavy (non-hydrogen) atoms. The van der Waals surface area contributed by atoms with Gasteiger partial charge in [0.15, 0.2) is 17.5 Å². The highest BCUT2D eigenvalue weighted by molar-refractivity contribution is 5.92. The van der Waals surface area contributed by atoms with Crippen LogP contribution in [0.3, 0.4) is 0 Å². The van der Waals surface area contributed by atoms with E-state index in [1.165, 1.54) is 18.3 Å². The summed E-state index contributed by atoms with van der Waals surface area (Å²) in [5.74, 6) is -4.54. The lowest BCUT2D eigenvalue weighted by molar-refractivity contribution is 0.0946. The average molecular weight is 358 g/mol. The van der Waals surface area contributed by atoms with Crippen molar-refractivity contribution >= 4 is 17.3 Å². The molecular weight excluding hydrogens is 345 g/mol. The summed E-state index contributed by atoms with van der Waals surface area (Å²) < 4.78 is 39.8. The standard InChI is InChI=1S/C18H13F3N4O/c19-13-2-4-14(17(21)16(13)20)25-12-1-3-15(23-10-12)18(26)24-9-11-5-7-22-8-6-11/h1-8,10,25H,9H2,(H,24,26). The van der Waals surface area contributed by atoms with Gasteiger partial charge in [-0.1, -0.05) is 0 Å². The Labute approximate surface area is 146 Å². The molecule has 0 aliphatic carbocycles. The smallest absolute Gasteiger partial charge is 0.270 e. The monoisotopic (exact) mass is 358 g/mol. The fourth-order valence-electron chi connectivity index (χ4n) is 2.15. The van der Waals surface area contributed by atoms with Crippen molar-refractivity contribution < 1.29 is 18.0 Å². The van der Waals surface area contributed by atoms with Crippen molar-refractivity contribution in [2.75, 3.05) is 5.32 Å². The first-order chi connectivity index (χ1) is 12.5. The predicted molar refractivity (Wildman–Crippen MR) is 89.2 cm³/mol. The molecular formula is C18H13F3N4O. The second-order valence-electron chi connectivity index (χ2n) is 5.32. The fraction of sp³-hybridized carbons (Fsp3) is 0.0556. The first-order valence-electron chi connectivity index (χ1n) is 7.58. The second kappa shape index (κ2) is 7.64. The number of halogens is 3. The Hall–Kier alpha value is -3.42. The van der Waals surface area contributed by atoms with Crippen molar-refractivity contribution in [1.82, 2.24) is 15.3 Å². The van der Waals surface area contributed by atoms with Gasteiger partial charge in [-0.15, -0.1) is 0 Å². The van der Waals surface area contributed by atoms with Gasteiger partial charge in [0, 0.05) is 18.9 Å². The number of amides is 1. The molecule has 0 atom stereocenters. The Kier molecular flexibility index (Phi) is 5.12. The number of aromatic nitrogens is 2. The SMILES string of the molecule is O=C(NCc1ccncc1)c1ccc(Nc2ccc(F)c(F)c2F)cn1. The van der Waals surface area contributed by atoms with Gasteiger partial charge in [0.2, 0.25) is 0 Å². The number of anilines is 2. The third-order valence-electron chi connectivity index (χ3n) is 3.51. The molecule has 0 saturated carbocycles. The molecule has 0 aliphatic rings. The molecule has 0 unspecified atom stereocenters. The molecule has 0 bridgehead atoms. The van der Waals surface area contributed by atoms with E-state index in [1.54, 1.807) is 24.5 Å². The van der Waals surface area contributed by atoms with Crippen molar-refractivity contribution in [3.63, 3.8) is 0 Å². The first-order valence-corrected chi connectivity index (χ1v) is 7.58. The van der Waals surface area contributed by atoms with Gasteiger partial charge in [0.25, 0.3) is 5.91 Å². The molecule has 2 N–H and O–H groups in total. The van der Waals surface area contributed by atoms with Gasteiger partial charge in [-0.2, -0.15) is 0 Å². The highest BCUT2D eigenvalue weighted by Crippen LogP contribution is 2.23. The topological polar surface area (TPSA) is 66.9 Å². The van der Waals surface area contributed by atoms with Gasteiger partial charge < -0.3 is 10.6 Å². The molecule has 0 radical (unpaired) electrons. The number of hydrogen-bond acceptors (Lipinski definition) is 4. The van der Waals surface area contributed by atoms with Gasteiger partial charge >= 0.3 is 0 Å². The summed E-state index contributed by atoms with van der Waals surface area (Å²) in [5, 5.41) is 5.29. The largest absolute Gasteiger partial charge is 0.352 e. The second-order valence-corrected chi connectivity index (χ2v) is 5.32. The van der Waals surface area contributed by atoms with E-state index in [0.717, 1.165) is 17.7 Å². The Morgan fingerprint density at radius 1 is 0.962 bits per heavy atom. The van der Waals surface area contributed by atoms with Gasteiger partial charge in [-0.3, -0.25) is 9.78 Å². The van der Waals surface area contributed by atoms with Crippen LogP contribution in [-0.2, 0) is 6.54 Å². The number of carbonyl (C=O) groups excluding carboxylic acids is 1. The lowest BCUT2D eigenvalue weighted by Gasteiger charge is -2.09. The number of nitrogens with zero attached hydrogens (tertiary/aromatic N) is 2. The van der Waals surface area contributed by atoms with E-state index in [0.29, 0.717) is 12.2 Å². The van der Waals surface area contributed by atoms with Gasteiger partial charge in [-0.25, -0.2) is 18.2 Å². The maximum atomic E-state index is 13.7. The minimum Gasteiger partial charge on any atom is -0.352 e. The summed E-state index contributed by atoms with van der Waals surface area (Å²) in [4.78, 5) is 19.9. The minimum absolute atomic E-state index is 0.162. The van der Waals surface area contributed by atoms with E-state index in [9.17, 15) is 18.0 Å². The van der Waals surface area contributed by atoms with Crippen LogP contribution in [0.1, 0.15) is 16.1 Å². The summed E-state index contributed by atoms with van der Waals surface area (Å²) in [5.41, 5.74) is 1.14. The predicted octanol–water partition coefficient (Wildman–Crippen LogP) is 3.57. The van der Waals surface area contributed by atoms with Gasteiger partial charge in [0.1, 0.15) is 5.69 Å². The van der Waals surface area contributed by atoms with Crippen LogP contribution in [0, 0.1) is 17.5 Å². The first kappa shape index (κ1) is 17.4. The summed E-state index contributed by atoms with van der Waals surface area (Å²) >= 11 is 0. The number of nitrogens with one attached hydrogen (secondary N) is 2. The van der Waals surface area contributed by atoms with E-state index in [4.69, 9.17) is 0 Å². The number of pyridine rings is 2. The van der Waals surface area contributed by atoms with Gasteiger partial charge in [-0.05, 0) is 42.0 Å². The molecule has 3 rings (SSSR count). The van der Waals surface area contributed by atoms with Crippen molar-refractivity contribution in [3.8, 4) is 0 Å². The summed E-state index contributed by atoms with van der Waals surface area (Å²) in [7, 11) is 0. The molecule has 1 amide bonds. The zero-order chi connectivity index (χ0) is 18.5. The van der Waals surface area contributed by atoms with Gasteiger partial charge in [0.05, 0.1) is 17.6 Å². The molecule has 132 valence electrons. The number of rotatable bonds is 5. The Balaban J connectivity index is 1.65. The number of carbonyl (C=O) groups is 1. The van der Waals surface area contributed by atoms with Crippen LogP contribution in [0.2, 0.25) is 0 Å². The quantitative estimate of drug-likeness (QED) is 0.685. The van der Waals surface area contributed by atoms with Crippen LogP contribution in [0.4, 0.5) is 24.5 Å². The lowest BCUT2D eigenvalue weighted by atomic mass is 10.2. The Morgan fingerprint density at radius 3 is 2.42 bits per heavy atom. The Morgan fingerprint density at radius 2 is 1.73 bits per heavy atom. The van der Waals surface area contributed by atoms with E-state index >= 15 is 0 Å². The third-order valence-corrected chi connectivity index (χ3v) is 3.51. The molecule has 3 aromatic rings. The average Bonchev–Trinajstić information content (AvgIpc) is 2.68. The van der Waals surface area contributed by atoms with Crippen molar-refractivity contribution in [1.29, 1.82) is 0 Å². The fourth-order valence-corrected chi connectivity index (χ4v) is 2.15. The van der Waals surface area contributed by atoms with Crippen LogP contribution in [0.25, 0.3) is 0 Å². The maximum Gasteiger partial charge on any atom is 0.270 e. The normalized spacial score (nSPS) is 10.4. The number of benzene rings is 1. The van der Waals surface area contributed by atoms with Crippen LogP contribution in [0.15, 0.2) is 55.0 Å². The van der Waals surface area contributed by atoms with Crippen LogP contribution in [-0.4, -0.2) is 15.9 Å². The highest BCUT2D eigenvalue weighted by atomic mass is 19.2. The van der Waals surface area contributed by atoms with E-state index in [2.05, 4.69) is 20.6 Å². The molecule has 1 aromatic carbocycles. The molecule has 8 heteroatoms. The highest BCUT2D eigenvalue weighted by Gasteiger charge is 2.14. The van der Waals surface area contributed by atoms with Crippen molar-refractivity contribution in [2.24, 2.45) is 0 Å². The zero-order valence-corrected chi connectivity index (χ0v) is 13.3. The van der Waals surface area contributed by atoms with Crippen LogP contribution >= 0.6 is 0 Å². The molecule has 2 heterocycles. The minimum atomic E-state index is -1.56. The molecule has 0 spiro atoms. The zero-order valence-electron chi connectivity index (χ0n) is 13.3. The molecule has 0 aliphatic heterocycles. The van der Waals surface area contributed by atoms with Crippen LogP contribution < -0.4 is 10.6 Å². The van der Waals surface area contributed by atoms with E-state index in [1.807, 2.05) is 0 Å². The maximum absolute atomic E-state index is 13.7. The summed E-state index contributed by atoms with van der Waals surface area (Å²) in [6.07, 6.45) is 4.54. The summed E-state index contributed by atoms with van der Waals surface area (Å²) in [6, 6.07) is 8.35.